The fourth-order valence-electron chi connectivity index (χ4n) is 3.42. The van der Waals surface area contributed by atoms with E-state index in [-0.39, 0.29) is 17.3 Å². The second-order valence-electron chi connectivity index (χ2n) is 7.06. The maximum atomic E-state index is 11.8. The lowest BCUT2D eigenvalue weighted by Gasteiger charge is -2.05. The van der Waals surface area contributed by atoms with Crippen molar-refractivity contribution in [2.24, 2.45) is 12.8 Å². The van der Waals surface area contributed by atoms with Crippen LogP contribution in [0.25, 0.3) is 33.9 Å². The van der Waals surface area contributed by atoms with Gasteiger partial charge in [0.05, 0.1) is 37.2 Å². The third kappa shape index (κ3) is 3.13. The number of hydrogen-bond acceptors (Lipinski definition) is 9. The molecule has 0 saturated carbocycles. The highest BCUT2D eigenvalue weighted by Gasteiger charge is 2.23. The van der Waals surface area contributed by atoms with Crippen molar-refractivity contribution in [2.75, 3.05) is 0 Å². The van der Waals surface area contributed by atoms with E-state index in [2.05, 4.69) is 40.6 Å². The highest BCUT2D eigenvalue weighted by molar-refractivity contribution is 5.99. The average Bonchev–Trinajstić information content (AvgIpc) is 3.55. The first kappa shape index (κ1) is 19.3. The van der Waals surface area contributed by atoms with Crippen molar-refractivity contribution in [2.45, 2.75) is 20.0 Å². The monoisotopic (exact) mass is 434 g/mol. The molecule has 0 saturated heterocycles. The number of aryl methyl sites for hydroxylation is 4. The van der Waals surface area contributed by atoms with Gasteiger partial charge in [0, 0.05) is 12.4 Å². The molecule has 0 aliphatic rings. The lowest BCUT2D eigenvalue weighted by Crippen LogP contribution is -2.13. The molecule has 0 spiro atoms. The number of nitrogens with two attached hydrogens (primary N) is 1. The number of aromatic hydroxyl groups is 1. The Hall–Kier alpha value is -4.62. The minimum Gasteiger partial charge on any atom is -0.504 e. The van der Waals surface area contributed by atoms with Crippen molar-refractivity contribution in [3.63, 3.8) is 0 Å². The van der Waals surface area contributed by atoms with Gasteiger partial charge in [-0.3, -0.25) is 19.3 Å². The standard InChI is InChI=1S/C18H18N12O2/c1-9-15(31)14(29(27-9)5-6-30-20-3-4-21-30)18-24-17(25-26-18)13-10-8-22-28(2)12(10)7-11(23-13)16(19)32/h3-4,7-8,31H,5-6H2,1-2H3,(H2,19,32)(H,24,25,26). The van der Waals surface area contributed by atoms with E-state index in [1.165, 1.54) is 4.80 Å². The summed E-state index contributed by atoms with van der Waals surface area (Å²) in [6, 6.07) is 1.57. The molecule has 0 fully saturated rings. The van der Waals surface area contributed by atoms with Gasteiger partial charge in [-0.15, -0.1) is 0 Å². The largest absolute Gasteiger partial charge is 0.504 e. The van der Waals surface area contributed by atoms with E-state index in [0.717, 1.165) is 0 Å². The first-order valence-corrected chi connectivity index (χ1v) is 9.58. The number of rotatable bonds is 6. The highest BCUT2D eigenvalue weighted by Crippen LogP contribution is 2.32. The van der Waals surface area contributed by atoms with Gasteiger partial charge in [0.15, 0.2) is 11.6 Å². The molecule has 14 nitrogen and oxygen atoms in total. The van der Waals surface area contributed by atoms with Crippen molar-refractivity contribution in [3.8, 4) is 28.8 Å². The molecule has 1 amide bonds. The molecule has 5 heterocycles. The van der Waals surface area contributed by atoms with Gasteiger partial charge in [0.2, 0.25) is 5.82 Å². The Morgan fingerprint density at radius 2 is 1.97 bits per heavy atom. The van der Waals surface area contributed by atoms with E-state index in [1.807, 2.05) is 0 Å². The van der Waals surface area contributed by atoms with E-state index in [4.69, 9.17) is 5.73 Å². The fourth-order valence-corrected chi connectivity index (χ4v) is 3.42. The SMILES string of the molecule is Cc1nn(CCn2nccn2)c(-c2n[nH]c(-c3nc(C(N)=O)cc4c3cnn4C)n2)c1O. The molecule has 4 N–H and O–H groups in total. The molecule has 0 aliphatic heterocycles. The molecule has 14 heteroatoms. The van der Waals surface area contributed by atoms with Crippen molar-refractivity contribution in [1.82, 2.24) is 54.7 Å². The summed E-state index contributed by atoms with van der Waals surface area (Å²) < 4.78 is 3.20. The van der Waals surface area contributed by atoms with Gasteiger partial charge < -0.3 is 10.8 Å². The smallest absolute Gasteiger partial charge is 0.267 e. The predicted octanol–water partition coefficient (Wildman–Crippen LogP) is 0.0215. The minimum absolute atomic E-state index is 0.0330. The molecule has 0 aliphatic carbocycles. The van der Waals surface area contributed by atoms with Crippen LogP contribution in [0, 0.1) is 6.92 Å². The van der Waals surface area contributed by atoms with E-state index in [1.54, 1.807) is 48.0 Å². The van der Waals surface area contributed by atoms with Crippen LogP contribution in [0.3, 0.4) is 0 Å². The normalized spacial score (nSPS) is 11.4. The minimum atomic E-state index is -0.673. The van der Waals surface area contributed by atoms with Gasteiger partial charge in [0.25, 0.3) is 5.91 Å². The van der Waals surface area contributed by atoms with Gasteiger partial charge >= 0.3 is 0 Å². The number of hydrogen-bond donors (Lipinski definition) is 3. The van der Waals surface area contributed by atoms with Crippen LogP contribution < -0.4 is 5.73 Å². The van der Waals surface area contributed by atoms with Gasteiger partial charge in [-0.1, -0.05) is 0 Å². The van der Waals surface area contributed by atoms with Crippen LogP contribution in [0.5, 0.6) is 5.75 Å². The number of primary amides is 1. The van der Waals surface area contributed by atoms with Gasteiger partial charge in [-0.05, 0) is 13.0 Å². The molecule has 5 aromatic heterocycles. The Morgan fingerprint density at radius 1 is 1.19 bits per heavy atom. The Labute approximate surface area is 179 Å². The lowest BCUT2D eigenvalue weighted by molar-refractivity contribution is 0.0996. The lowest BCUT2D eigenvalue weighted by atomic mass is 10.2. The summed E-state index contributed by atoms with van der Waals surface area (Å²) in [4.78, 5) is 22.1. The van der Waals surface area contributed by atoms with Crippen molar-refractivity contribution in [1.29, 1.82) is 0 Å². The zero-order valence-corrected chi connectivity index (χ0v) is 17.1. The van der Waals surface area contributed by atoms with E-state index in [0.29, 0.717) is 46.9 Å². The number of aromatic amines is 1. The summed E-state index contributed by atoms with van der Waals surface area (Å²) in [5, 5.41) is 35.1. The number of amides is 1. The Bertz CT molecular complexity index is 1440. The second kappa shape index (κ2) is 7.26. The van der Waals surface area contributed by atoms with Crippen molar-refractivity contribution >= 4 is 16.8 Å². The number of nitrogens with zero attached hydrogens (tertiary/aromatic N) is 10. The number of carbonyl (C=O) groups is 1. The first-order chi connectivity index (χ1) is 15.4. The average molecular weight is 434 g/mol. The fraction of sp³-hybridized carbons (Fsp3) is 0.222. The molecule has 0 bridgehead atoms. The van der Waals surface area contributed by atoms with Crippen LogP contribution in [0.1, 0.15) is 16.2 Å². The van der Waals surface area contributed by atoms with Crippen molar-refractivity contribution < 1.29 is 9.90 Å². The molecule has 5 aromatic rings. The van der Waals surface area contributed by atoms with Crippen LogP contribution >= 0.6 is 0 Å². The molecular weight excluding hydrogens is 416 g/mol. The number of carbonyl (C=O) groups excluding carboxylic acids is 1. The van der Waals surface area contributed by atoms with Crippen molar-refractivity contribution in [3.05, 3.63) is 36.0 Å². The van der Waals surface area contributed by atoms with Crippen LogP contribution in [0.15, 0.2) is 24.7 Å². The van der Waals surface area contributed by atoms with Gasteiger partial charge in [0.1, 0.15) is 22.8 Å². The quantitative estimate of drug-likeness (QED) is 0.331. The molecule has 32 heavy (non-hydrogen) atoms. The molecular formula is C18H18N12O2. The highest BCUT2D eigenvalue weighted by atomic mass is 16.3. The maximum Gasteiger partial charge on any atom is 0.267 e. The number of nitrogens with one attached hydrogen (secondary N) is 1. The number of H-pyrrole nitrogens is 1. The van der Waals surface area contributed by atoms with Crippen LogP contribution in [0.4, 0.5) is 0 Å². The summed E-state index contributed by atoms with van der Waals surface area (Å²) in [5.41, 5.74) is 7.33. The molecule has 162 valence electrons. The zero-order valence-electron chi connectivity index (χ0n) is 17.1. The summed E-state index contributed by atoms with van der Waals surface area (Å²) in [6.07, 6.45) is 4.79. The predicted molar refractivity (Wildman–Crippen MR) is 110 cm³/mol. The van der Waals surface area contributed by atoms with Crippen LogP contribution in [-0.4, -0.2) is 65.7 Å². The Balaban J connectivity index is 1.57. The summed E-state index contributed by atoms with van der Waals surface area (Å²) >= 11 is 0. The molecule has 0 atom stereocenters. The first-order valence-electron chi connectivity index (χ1n) is 9.58. The number of pyridine rings is 1. The molecule has 0 unspecified atom stereocenters. The topological polar surface area (TPSA) is 184 Å². The van der Waals surface area contributed by atoms with Gasteiger partial charge in [-0.2, -0.15) is 30.3 Å². The van der Waals surface area contributed by atoms with E-state index >= 15 is 0 Å². The summed E-state index contributed by atoms with van der Waals surface area (Å²) in [7, 11) is 1.75. The number of fused-ring (bicyclic) bond motifs is 1. The number of aromatic nitrogens is 11. The second-order valence-corrected chi connectivity index (χ2v) is 7.06. The zero-order chi connectivity index (χ0) is 22.4. The molecule has 5 rings (SSSR count). The van der Waals surface area contributed by atoms with E-state index < -0.39 is 5.91 Å². The third-order valence-electron chi connectivity index (χ3n) is 4.99. The van der Waals surface area contributed by atoms with Gasteiger partial charge in [-0.25, -0.2) is 9.97 Å². The molecule has 0 aromatic carbocycles. The summed E-state index contributed by atoms with van der Waals surface area (Å²) in [5.74, 6) is -0.198. The third-order valence-corrected chi connectivity index (χ3v) is 4.99. The van der Waals surface area contributed by atoms with Crippen LogP contribution in [-0.2, 0) is 20.1 Å². The van der Waals surface area contributed by atoms with E-state index in [9.17, 15) is 9.90 Å². The Morgan fingerprint density at radius 3 is 2.72 bits per heavy atom. The Kier molecular flexibility index (Phi) is 4.39. The summed E-state index contributed by atoms with van der Waals surface area (Å²) in [6.45, 7) is 2.51. The molecule has 0 radical (unpaired) electrons. The maximum absolute atomic E-state index is 11.8. The van der Waals surface area contributed by atoms with Crippen LogP contribution in [0.2, 0.25) is 0 Å².